The van der Waals surface area contributed by atoms with Crippen molar-refractivity contribution in [2.24, 2.45) is 0 Å². The number of aromatic amines is 1. The second kappa shape index (κ2) is 6.45. The zero-order chi connectivity index (χ0) is 20.1. The number of furan rings is 1. The van der Waals surface area contributed by atoms with Crippen molar-refractivity contribution in [3.8, 4) is 17.1 Å². The number of H-pyrrole nitrogens is 1. The zero-order valence-corrected chi connectivity index (χ0v) is 15.2. The van der Waals surface area contributed by atoms with Gasteiger partial charge in [0.05, 0.1) is 22.9 Å². The summed E-state index contributed by atoms with van der Waals surface area (Å²) in [4.78, 5) is 19.1. The first kappa shape index (κ1) is 18.2. The lowest BCUT2D eigenvalue weighted by Crippen LogP contribution is -2.20. The number of aromatic nitrogens is 3. The molecule has 3 aromatic heterocycles. The van der Waals surface area contributed by atoms with Crippen molar-refractivity contribution < 1.29 is 17.6 Å². The maximum absolute atomic E-state index is 13.8. The van der Waals surface area contributed by atoms with Gasteiger partial charge in [-0.15, -0.1) is 0 Å². The molecule has 9 heteroatoms. The van der Waals surface area contributed by atoms with E-state index in [2.05, 4.69) is 9.97 Å². The third kappa shape index (κ3) is 2.93. The maximum Gasteiger partial charge on any atom is 0.417 e. The maximum atomic E-state index is 13.8. The van der Waals surface area contributed by atoms with Gasteiger partial charge in [0.15, 0.2) is 16.2 Å². The summed E-state index contributed by atoms with van der Waals surface area (Å²) in [6, 6.07) is 10.8. The molecule has 1 aromatic carbocycles. The van der Waals surface area contributed by atoms with Gasteiger partial charge in [0.25, 0.3) is 5.56 Å². The number of benzene rings is 1. The summed E-state index contributed by atoms with van der Waals surface area (Å²) in [6.07, 6.45) is -3.44. The van der Waals surface area contributed by atoms with Crippen molar-refractivity contribution in [2.45, 2.75) is 13.1 Å². The number of alkyl halides is 3. The number of nitrogens with zero attached hydrogens (tertiary/aromatic N) is 2. The molecule has 0 aliphatic heterocycles. The second-order valence-corrected chi connectivity index (χ2v) is 6.50. The summed E-state index contributed by atoms with van der Waals surface area (Å²) in [6.45, 7) is 1.79. The molecule has 0 aliphatic rings. The quantitative estimate of drug-likeness (QED) is 0.477. The number of halogens is 3. The van der Waals surface area contributed by atoms with Gasteiger partial charge in [-0.1, -0.05) is 18.2 Å². The van der Waals surface area contributed by atoms with Crippen molar-refractivity contribution in [3.05, 3.63) is 75.0 Å². The number of para-hydroxylation sites is 1. The highest BCUT2D eigenvalue weighted by Crippen LogP contribution is 2.36. The molecule has 1 N–H and O–H groups in total. The Balaban J connectivity index is 2.23. The minimum absolute atomic E-state index is 0.0489. The normalized spacial score (nSPS) is 11.9. The van der Waals surface area contributed by atoms with Crippen molar-refractivity contribution in [2.75, 3.05) is 0 Å². The van der Waals surface area contributed by atoms with Crippen LogP contribution in [0.15, 0.2) is 57.9 Å². The molecule has 4 rings (SSSR count). The Hall–Kier alpha value is -3.20. The van der Waals surface area contributed by atoms with E-state index in [4.69, 9.17) is 16.6 Å². The number of aryl methyl sites for hydroxylation is 1. The van der Waals surface area contributed by atoms with E-state index in [1.54, 1.807) is 37.3 Å². The standard InChI is InChI=1S/C19H12F3N3O2S/c1-10-5-2-3-6-13(10)25-16-15(17(26)24-18(25)28)11(19(20,21)22)9-12(23-16)14-7-4-8-27-14/h2-9H,1H3,(H,24,26,28). The van der Waals surface area contributed by atoms with Crippen LogP contribution >= 0.6 is 12.2 Å². The average Bonchev–Trinajstić information content (AvgIpc) is 3.16. The van der Waals surface area contributed by atoms with Gasteiger partial charge in [-0.05, 0) is 49.0 Å². The van der Waals surface area contributed by atoms with Crippen molar-refractivity contribution in [1.82, 2.24) is 14.5 Å². The summed E-state index contributed by atoms with van der Waals surface area (Å²) in [5, 5.41) is -0.584. The second-order valence-electron chi connectivity index (χ2n) is 6.11. The molecule has 3 heterocycles. The third-order valence-electron chi connectivity index (χ3n) is 4.30. The predicted octanol–water partition coefficient (Wildman–Crippen LogP) is 5.03. The average molecular weight is 403 g/mol. The van der Waals surface area contributed by atoms with Crippen LogP contribution in [0.1, 0.15) is 11.1 Å². The number of pyridine rings is 1. The Labute approximate surface area is 161 Å². The lowest BCUT2D eigenvalue weighted by Gasteiger charge is -2.16. The number of hydrogen-bond acceptors (Lipinski definition) is 4. The molecule has 0 bridgehead atoms. The molecule has 0 fully saturated rings. The SMILES string of the molecule is Cc1ccccc1-n1c(=S)[nH]c(=O)c2c(C(F)(F)F)cc(-c3ccco3)nc21. The van der Waals surface area contributed by atoms with Gasteiger partial charge in [-0.3, -0.25) is 14.3 Å². The summed E-state index contributed by atoms with van der Waals surface area (Å²) >= 11 is 5.25. The molecular formula is C19H12F3N3O2S. The van der Waals surface area contributed by atoms with Gasteiger partial charge in [0.1, 0.15) is 5.69 Å². The topological polar surface area (TPSA) is 63.8 Å². The lowest BCUT2D eigenvalue weighted by atomic mass is 10.1. The highest BCUT2D eigenvalue weighted by molar-refractivity contribution is 7.71. The first-order chi connectivity index (χ1) is 13.3. The first-order valence-electron chi connectivity index (χ1n) is 8.14. The molecule has 142 valence electrons. The molecule has 0 saturated carbocycles. The molecule has 0 atom stereocenters. The van der Waals surface area contributed by atoms with Crippen LogP contribution in [-0.4, -0.2) is 14.5 Å². The van der Waals surface area contributed by atoms with Crippen LogP contribution in [-0.2, 0) is 6.18 Å². The molecular weight excluding hydrogens is 391 g/mol. The van der Waals surface area contributed by atoms with Crippen LogP contribution < -0.4 is 5.56 Å². The van der Waals surface area contributed by atoms with Crippen LogP contribution in [0.3, 0.4) is 0 Å². The van der Waals surface area contributed by atoms with E-state index in [1.165, 1.54) is 16.9 Å². The Morgan fingerprint density at radius 2 is 1.93 bits per heavy atom. The fourth-order valence-electron chi connectivity index (χ4n) is 3.04. The zero-order valence-electron chi connectivity index (χ0n) is 14.4. The van der Waals surface area contributed by atoms with E-state index in [1.807, 2.05) is 0 Å². The Morgan fingerprint density at radius 3 is 2.57 bits per heavy atom. The first-order valence-corrected chi connectivity index (χ1v) is 8.55. The predicted molar refractivity (Wildman–Crippen MR) is 100.0 cm³/mol. The molecule has 0 radical (unpaired) electrons. The molecule has 0 unspecified atom stereocenters. The van der Waals surface area contributed by atoms with E-state index in [-0.39, 0.29) is 21.9 Å². The number of nitrogens with one attached hydrogen (secondary N) is 1. The number of fused-ring (bicyclic) bond motifs is 1. The van der Waals surface area contributed by atoms with Crippen LogP contribution in [0.5, 0.6) is 0 Å². The third-order valence-corrected chi connectivity index (χ3v) is 4.58. The molecule has 0 amide bonds. The van der Waals surface area contributed by atoms with E-state index in [0.717, 1.165) is 11.6 Å². The van der Waals surface area contributed by atoms with Crippen LogP contribution in [0.25, 0.3) is 28.2 Å². The highest BCUT2D eigenvalue weighted by Gasteiger charge is 2.36. The molecule has 0 saturated heterocycles. The molecule has 4 aromatic rings. The van der Waals surface area contributed by atoms with Crippen molar-refractivity contribution in [1.29, 1.82) is 0 Å². The van der Waals surface area contributed by atoms with Crippen LogP contribution in [0.2, 0.25) is 0 Å². The van der Waals surface area contributed by atoms with E-state index >= 15 is 0 Å². The van der Waals surface area contributed by atoms with Gasteiger partial charge in [-0.25, -0.2) is 4.98 Å². The Bertz CT molecular complexity index is 1300. The van der Waals surface area contributed by atoms with Gasteiger partial charge in [0.2, 0.25) is 0 Å². The molecule has 28 heavy (non-hydrogen) atoms. The fourth-order valence-corrected chi connectivity index (χ4v) is 3.32. The molecule has 0 aliphatic carbocycles. The van der Waals surface area contributed by atoms with Crippen molar-refractivity contribution >= 4 is 23.3 Å². The van der Waals surface area contributed by atoms with Crippen LogP contribution in [0, 0.1) is 11.7 Å². The fraction of sp³-hybridized carbons (Fsp3) is 0.105. The van der Waals surface area contributed by atoms with Crippen molar-refractivity contribution in [3.63, 3.8) is 0 Å². The van der Waals surface area contributed by atoms with E-state index in [0.29, 0.717) is 5.69 Å². The van der Waals surface area contributed by atoms with E-state index < -0.39 is 22.7 Å². The van der Waals surface area contributed by atoms with Gasteiger partial charge < -0.3 is 4.42 Å². The van der Waals surface area contributed by atoms with Gasteiger partial charge in [0, 0.05) is 0 Å². The number of rotatable bonds is 2. The lowest BCUT2D eigenvalue weighted by molar-refractivity contribution is -0.136. The molecule has 5 nitrogen and oxygen atoms in total. The minimum atomic E-state index is -4.78. The van der Waals surface area contributed by atoms with Crippen LogP contribution in [0.4, 0.5) is 13.2 Å². The van der Waals surface area contributed by atoms with Gasteiger partial charge in [-0.2, -0.15) is 13.2 Å². The summed E-state index contributed by atoms with van der Waals surface area (Å²) in [5.41, 5.74) is -1.02. The Morgan fingerprint density at radius 1 is 1.18 bits per heavy atom. The monoisotopic (exact) mass is 403 g/mol. The summed E-state index contributed by atoms with van der Waals surface area (Å²) in [7, 11) is 0. The largest absolute Gasteiger partial charge is 0.463 e. The van der Waals surface area contributed by atoms with Gasteiger partial charge >= 0.3 is 6.18 Å². The summed E-state index contributed by atoms with van der Waals surface area (Å²) < 4.78 is 47.9. The highest BCUT2D eigenvalue weighted by atomic mass is 32.1. The van der Waals surface area contributed by atoms with E-state index in [9.17, 15) is 18.0 Å². The number of hydrogen-bond donors (Lipinski definition) is 1. The smallest absolute Gasteiger partial charge is 0.417 e. The minimum Gasteiger partial charge on any atom is -0.463 e. The summed E-state index contributed by atoms with van der Waals surface area (Å²) in [5.74, 6) is 0.148. The molecule has 0 spiro atoms. The Kier molecular flexibility index (Phi) is 4.19.